The SMILES string of the molecule is CCOC1CCCN(c2ccncc2C(N)=O)C1. The molecular formula is C13H19N3O2. The van der Waals surface area contributed by atoms with Gasteiger partial charge in [-0.2, -0.15) is 0 Å². The zero-order valence-electron chi connectivity index (χ0n) is 10.6. The van der Waals surface area contributed by atoms with Gasteiger partial charge >= 0.3 is 0 Å². The van der Waals surface area contributed by atoms with Crippen molar-refractivity contribution in [1.29, 1.82) is 0 Å². The third kappa shape index (κ3) is 2.79. The zero-order valence-corrected chi connectivity index (χ0v) is 10.6. The summed E-state index contributed by atoms with van der Waals surface area (Å²) in [5, 5.41) is 0. The Morgan fingerprint density at radius 1 is 1.67 bits per heavy atom. The van der Waals surface area contributed by atoms with Crippen LogP contribution in [0.5, 0.6) is 0 Å². The number of primary amides is 1. The first-order valence-electron chi connectivity index (χ1n) is 6.32. The summed E-state index contributed by atoms with van der Waals surface area (Å²) in [5.74, 6) is -0.434. The van der Waals surface area contributed by atoms with Gasteiger partial charge < -0.3 is 15.4 Å². The second kappa shape index (κ2) is 5.82. The van der Waals surface area contributed by atoms with Crippen LogP contribution in [-0.4, -0.2) is 36.7 Å². The quantitative estimate of drug-likeness (QED) is 0.870. The summed E-state index contributed by atoms with van der Waals surface area (Å²) in [6, 6.07) is 1.84. The molecule has 1 unspecified atom stereocenters. The van der Waals surface area contributed by atoms with Crippen molar-refractivity contribution in [2.75, 3.05) is 24.6 Å². The molecule has 1 aromatic rings. The van der Waals surface area contributed by atoms with Gasteiger partial charge in [-0.15, -0.1) is 0 Å². The number of nitrogens with zero attached hydrogens (tertiary/aromatic N) is 2. The number of anilines is 1. The lowest BCUT2D eigenvalue weighted by Gasteiger charge is -2.34. The van der Waals surface area contributed by atoms with Crippen LogP contribution in [0, 0.1) is 0 Å². The van der Waals surface area contributed by atoms with E-state index in [1.54, 1.807) is 6.20 Å². The molecule has 2 rings (SSSR count). The van der Waals surface area contributed by atoms with E-state index in [0.29, 0.717) is 5.56 Å². The Bertz CT molecular complexity index is 420. The van der Waals surface area contributed by atoms with Gasteiger partial charge in [0, 0.05) is 32.1 Å². The Kier molecular flexibility index (Phi) is 4.15. The van der Waals surface area contributed by atoms with Crippen molar-refractivity contribution in [1.82, 2.24) is 4.98 Å². The number of aromatic nitrogens is 1. The van der Waals surface area contributed by atoms with Crippen LogP contribution in [0.25, 0.3) is 0 Å². The van der Waals surface area contributed by atoms with Gasteiger partial charge in [0.15, 0.2) is 0 Å². The maximum absolute atomic E-state index is 11.4. The molecule has 1 aliphatic rings. The number of ether oxygens (including phenoxy) is 1. The highest BCUT2D eigenvalue weighted by Gasteiger charge is 2.23. The maximum atomic E-state index is 11.4. The summed E-state index contributed by atoms with van der Waals surface area (Å²) in [7, 11) is 0. The van der Waals surface area contributed by atoms with Gasteiger partial charge in [0.25, 0.3) is 5.91 Å². The molecule has 18 heavy (non-hydrogen) atoms. The first-order valence-corrected chi connectivity index (χ1v) is 6.32. The fourth-order valence-corrected chi connectivity index (χ4v) is 2.38. The minimum atomic E-state index is -0.434. The molecule has 2 N–H and O–H groups in total. The van der Waals surface area contributed by atoms with Crippen LogP contribution in [0.2, 0.25) is 0 Å². The van der Waals surface area contributed by atoms with E-state index in [1.807, 2.05) is 13.0 Å². The molecule has 1 amide bonds. The first-order chi connectivity index (χ1) is 8.72. The Balaban J connectivity index is 2.18. The highest BCUT2D eigenvalue weighted by Crippen LogP contribution is 2.24. The molecule has 5 nitrogen and oxygen atoms in total. The molecule has 5 heteroatoms. The van der Waals surface area contributed by atoms with Crippen LogP contribution in [0.3, 0.4) is 0 Å². The van der Waals surface area contributed by atoms with Crippen molar-refractivity contribution in [3.63, 3.8) is 0 Å². The van der Waals surface area contributed by atoms with Crippen molar-refractivity contribution < 1.29 is 9.53 Å². The largest absolute Gasteiger partial charge is 0.377 e. The van der Waals surface area contributed by atoms with E-state index in [0.717, 1.165) is 38.2 Å². The number of hydrogen-bond donors (Lipinski definition) is 1. The minimum absolute atomic E-state index is 0.234. The predicted molar refractivity (Wildman–Crippen MR) is 69.6 cm³/mol. The van der Waals surface area contributed by atoms with E-state index in [9.17, 15) is 4.79 Å². The van der Waals surface area contributed by atoms with Crippen LogP contribution in [0.4, 0.5) is 5.69 Å². The fraction of sp³-hybridized carbons (Fsp3) is 0.538. The molecular weight excluding hydrogens is 230 g/mol. The maximum Gasteiger partial charge on any atom is 0.252 e. The van der Waals surface area contributed by atoms with E-state index >= 15 is 0 Å². The summed E-state index contributed by atoms with van der Waals surface area (Å²) in [4.78, 5) is 17.5. The molecule has 0 bridgehead atoms. The molecule has 1 aromatic heterocycles. The first kappa shape index (κ1) is 12.8. The summed E-state index contributed by atoms with van der Waals surface area (Å²) in [6.45, 7) is 4.45. The number of pyridine rings is 1. The number of hydrogen-bond acceptors (Lipinski definition) is 4. The number of nitrogens with two attached hydrogens (primary N) is 1. The van der Waals surface area contributed by atoms with Crippen LogP contribution in [0.1, 0.15) is 30.1 Å². The fourth-order valence-electron chi connectivity index (χ4n) is 2.38. The summed E-state index contributed by atoms with van der Waals surface area (Å²) in [5.41, 5.74) is 6.72. The van der Waals surface area contributed by atoms with Crippen LogP contribution in [-0.2, 0) is 4.74 Å². The smallest absolute Gasteiger partial charge is 0.252 e. The molecule has 0 aromatic carbocycles. The summed E-state index contributed by atoms with van der Waals surface area (Å²) >= 11 is 0. The number of rotatable bonds is 4. The lowest BCUT2D eigenvalue weighted by molar-refractivity contribution is 0.0526. The lowest BCUT2D eigenvalue weighted by atomic mass is 10.1. The topological polar surface area (TPSA) is 68.4 Å². The van der Waals surface area contributed by atoms with Crippen molar-refractivity contribution in [3.05, 3.63) is 24.0 Å². The van der Waals surface area contributed by atoms with E-state index in [2.05, 4.69) is 9.88 Å². The molecule has 0 spiro atoms. The highest BCUT2D eigenvalue weighted by atomic mass is 16.5. The number of piperidine rings is 1. The Labute approximate surface area is 107 Å². The highest BCUT2D eigenvalue weighted by molar-refractivity contribution is 5.98. The molecule has 1 saturated heterocycles. The molecule has 0 radical (unpaired) electrons. The Hall–Kier alpha value is -1.62. The van der Waals surface area contributed by atoms with Gasteiger partial charge in [0.05, 0.1) is 17.4 Å². The molecule has 1 aliphatic heterocycles. The van der Waals surface area contributed by atoms with Crippen molar-refractivity contribution in [2.45, 2.75) is 25.9 Å². The van der Waals surface area contributed by atoms with Gasteiger partial charge in [-0.1, -0.05) is 0 Å². The van der Waals surface area contributed by atoms with Crippen LogP contribution >= 0.6 is 0 Å². The molecule has 98 valence electrons. The van der Waals surface area contributed by atoms with Gasteiger partial charge in [0.2, 0.25) is 0 Å². The third-order valence-electron chi connectivity index (χ3n) is 3.18. The van der Waals surface area contributed by atoms with Gasteiger partial charge in [-0.05, 0) is 25.8 Å². The minimum Gasteiger partial charge on any atom is -0.377 e. The monoisotopic (exact) mass is 249 g/mol. The standard InChI is InChI=1S/C13H19N3O2/c1-2-18-10-4-3-7-16(9-10)12-5-6-15-8-11(12)13(14)17/h5-6,8,10H,2-4,7,9H2,1H3,(H2,14,17). The van der Waals surface area contributed by atoms with E-state index in [1.165, 1.54) is 6.20 Å². The third-order valence-corrected chi connectivity index (χ3v) is 3.18. The van der Waals surface area contributed by atoms with Gasteiger partial charge in [-0.3, -0.25) is 9.78 Å². The number of amides is 1. The van der Waals surface area contributed by atoms with E-state index in [-0.39, 0.29) is 6.10 Å². The van der Waals surface area contributed by atoms with E-state index < -0.39 is 5.91 Å². The second-order valence-corrected chi connectivity index (χ2v) is 4.42. The van der Waals surface area contributed by atoms with Gasteiger partial charge in [-0.25, -0.2) is 0 Å². The summed E-state index contributed by atoms with van der Waals surface area (Å²) in [6.07, 6.45) is 5.58. The van der Waals surface area contributed by atoms with Crippen LogP contribution in [0.15, 0.2) is 18.5 Å². The Morgan fingerprint density at radius 3 is 3.22 bits per heavy atom. The molecule has 2 heterocycles. The molecule has 1 atom stereocenters. The summed E-state index contributed by atoms with van der Waals surface area (Å²) < 4.78 is 5.66. The molecule has 0 aliphatic carbocycles. The molecule has 0 saturated carbocycles. The Morgan fingerprint density at radius 2 is 2.50 bits per heavy atom. The van der Waals surface area contributed by atoms with Crippen LogP contribution < -0.4 is 10.6 Å². The molecule has 1 fully saturated rings. The van der Waals surface area contributed by atoms with Crippen molar-refractivity contribution in [3.8, 4) is 0 Å². The van der Waals surface area contributed by atoms with E-state index in [4.69, 9.17) is 10.5 Å². The van der Waals surface area contributed by atoms with Crippen molar-refractivity contribution in [2.24, 2.45) is 5.73 Å². The average molecular weight is 249 g/mol. The second-order valence-electron chi connectivity index (χ2n) is 4.42. The van der Waals surface area contributed by atoms with Crippen molar-refractivity contribution >= 4 is 11.6 Å². The predicted octanol–water partition coefficient (Wildman–Crippen LogP) is 1.19. The average Bonchev–Trinajstić information content (AvgIpc) is 2.39. The number of carbonyl (C=O) groups is 1. The lowest BCUT2D eigenvalue weighted by Crippen LogP contribution is -2.40. The number of carbonyl (C=O) groups excluding carboxylic acids is 1. The zero-order chi connectivity index (χ0) is 13.0. The van der Waals surface area contributed by atoms with Gasteiger partial charge in [0.1, 0.15) is 0 Å². The normalized spacial score (nSPS) is 19.8.